The number of nitrogens with one attached hydrogen (secondary N) is 1. The van der Waals surface area contributed by atoms with E-state index in [2.05, 4.69) is 5.32 Å². The van der Waals surface area contributed by atoms with E-state index < -0.39 is 18.5 Å². The van der Waals surface area contributed by atoms with Crippen LogP contribution in [0.25, 0.3) is 0 Å². The van der Waals surface area contributed by atoms with E-state index in [1.807, 2.05) is 0 Å². The Morgan fingerprint density at radius 2 is 2.00 bits per heavy atom. The average molecular weight is 356 g/mol. The Labute approximate surface area is 148 Å². The number of rotatable bonds is 4. The number of amides is 2. The minimum absolute atomic E-state index is 0.0876. The number of hydrogen-bond donors (Lipinski definition) is 2. The Bertz CT molecular complexity index is 880. The van der Waals surface area contributed by atoms with Gasteiger partial charge in [-0.05, 0) is 24.3 Å². The van der Waals surface area contributed by atoms with Crippen LogP contribution in [0.5, 0.6) is 11.5 Å². The molecule has 0 saturated heterocycles. The summed E-state index contributed by atoms with van der Waals surface area (Å²) in [4.78, 5) is 37.5. The van der Waals surface area contributed by atoms with Gasteiger partial charge in [0.25, 0.3) is 5.91 Å². The summed E-state index contributed by atoms with van der Waals surface area (Å²) in [7, 11) is 1.43. The number of esters is 1. The van der Waals surface area contributed by atoms with Crippen LogP contribution in [0.3, 0.4) is 0 Å². The molecule has 0 fully saturated rings. The highest BCUT2D eigenvalue weighted by atomic mass is 16.5. The first-order chi connectivity index (χ1) is 12.5. The monoisotopic (exact) mass is 356 g/mol. The third-order valence-corrected chi connectivity index (χ3v) is 3.82. The van der Waals surface area contributed by atoms with Crippen molar-refractivity contribution in [3.63, 3.8) is 0 Å². The number of phenolic OH excluding ortho intramolecular Hbond substituents is 1. The van der Waals surface area contributed by atoms with E-state index in [4.69, 9.17) is 9.47 Å². The van der Waals surface area contributed by atoms with Crippen LogP contribution in [0, 0.1) is 0 Å². The highest BCUT2D eigenvalue weighted by molar-refractivity contribution is 6.10. The lowest BCUT2D eigenvalue weighted by Gasteiger charge is -2.28. The van der Waals surface area contributed by atoms with Gasteiger partial charge in [0, 0.05) is 6.07 Å². The molecule has 2 N–H and O–H groups in total. The van der Waals surface area contributed by atoms with E-state index in [1.54, 1.807) is 24.3 Å². The predicted octanol–water partition coefficient (Wildman–Crippen LogP) is 1.54. The normalized spacial score (nSPS) is 12.8. The molecule has 2 aromatic carbocycles. The van der Waals surface area contributed by atoms with Gasteiger partial charge in [0.2, 0.25) is 5.91 Å². The number of hydrogen-bond acceptors (Lipinski definition) is 6. The van der Waals surface area contributed by atoms with E-state index >= 15 is 0 Å². The maximum Gasteiger partial charge on any atom is 0.342 e. The molecule has 8 heteroatoms. The minimum Gasteiger partial charge on any atom is -0.507 e. The van der Waals surface area contributed by atoms with Crippen molar-refractivity contribution in [3.05, 3.63) is 48.0 Å². The Balaban J connectivity index is 1.69. The van der Waals surface area contributed by atoms with Crippen molar-refractivity contribution in [1.82, 2.24) is 0 Å². The number of aromatic hydroxyl groups is 1. The number of nitrogens with zero attached hydrogens (tertiary/aromatic N) is 1. The molecule has 1 aliphatic rings. The van der Waals surface area contributed by atoms with Crippen LogP contribution in [-0.2, 0) is 14.3 Å². The third-order valence-electron chi connectivity index (χ3n) is 3.82. The standard InChI is InChI=1S/C18H16N2O6/c1-25-11-6-7-12(15(21)8-11)18(24)26-10-17(23)20-9-16(22)19-13-4-2-3-5-14(13)20/h2-8,21H,9-10H2,1H3,(H,19,22). The lowest BCUT2D eigenvalue weighted by atomic mass is 10.2. The van der Waals surface area contributed by atoms with Crippen molar-refractivity contribution in [2.24, 2.45) is 0 Å². The second kappa shape index (κ2) is 7.14. The summed E-state index contributed by atoms with van der Waals surface area (Å²) < 4.78 is 9.92. The topological polar surface area (TPSA) is 105 Å². The van der Waals surface area contributed by atoms with Crippen LogP contribution in [0.15, 0.2) is 42.5 Å². The molecule has 0 saturated carbocycles. The molecule has 0 spiro atoms. The lowest BCUT2D eigenvalue weighted by Crippen LogP contribution is -2.44. The smallest absolute Gasteiger partial charge is 0.342 e. The number of fused-ring (bicyclic) bond motifs is 1. The summed E-state index contributed by atoms with van der Waals surface area (Å²) in [6, 6.07) is 10.9. The maximum absolute atomic E-state index is 12.4. The molecular weight excluding hydrogens is 340 g/mol. The second-order valence-corrected chi connectivity index (χ2v) is 5.50. The summed E-state index contributed by atoms with van der Waals surface area (Å²) in [6.45, 7) is -0.729. The zero-order valence-electron chi connectivity index (χ0n) is 13.9. The van der Waals surface area contributed by atoms with Crippen molar-refractivity contribution in [2.75, 3.05) is 30.5 Å². The van der Waals surface area contributed by atoms with Crippen LogP contribution >= 0.6 is 0 Å². The molecule has 0 atom stereocenters. The van der Waals surface area contributed by atoms with Gasteiger partial charge in [0.05, 0.1) is 18.5 Å². The fourth-order valence-electron chi connectivity index (χ4n) is 2.55. The van der Waals surface area contributed by atoms with Gasteiger partial charge >= 0.3 is 5.97 Å². The molecule has 0 aliphatic carbocycles. The molecule has 26 heavy (non-hydrogen) atoms. The van der Waals surface area contributed by atoms with E-state index in [0.717, 1.165) is 0 Å². The largest absolute Gasteiger partial charge is 0.507 e. The van der Waals surface area contributed by atoms with Crippen molar-refractivity contribution in [2.45, 2.75) is 0 Å². The molecule has 2 aromatic rings. The Morgan fingerprint density at radius 3 is 2.73 bits per heavy atom. The van der Waals surface area contributed by atoms with Crippen molar-refractivity contribution >= 4 is 29.2 Å². The molecule has 0 radical (unpaired) electrons. The number of para-hydroxylation sites is 2. The number of anilines is 2. The van der Waals surface area contributed by atoms with E-state index in [9.17, 15) is 19.5 Å². The number of phenols is 1. The van der Waals surface area contributed by atoms with Gasteiger partial charge in [-0.3, -0.25) is 14.5 Å². The summed E-state index contributed by atoms with van der Waals surface area (Å²) in [5.74, 6) is -1.67. The Morgan fingerprint density at radius 1 is 1.23 bits per heavy atom. The number of methoxy groups -OCH3 is 1. The molecule has 1 aliphatic heterocycles. The van der Waals surface area contributed by atoms with E-state index in [-0.39, 0.29) is 23.8 Å². The van der Waals surface area contributed by atoms with Gasteiger partial charge in [-0.25, -0.2) is 4.79 Å². The van der Waals surface area contributed by atoms with Crippen LogP contribution < -0.4 is 15.0 Å². The fraction of sp³-hybridized carbons (Fsp3) is 0.167. The molecule has 134 valence electrons. The fourth-order valence-corrected chi connectivity index (χ4v) is 2.55. The zero-order chi connectivity index (χ0) is 18.7. The first-order valence-electron chi connectivity index (χ1n) is 7.73. The number of benzene rings is 2. The summed E-state index contributed by atoms with van der Waals surface area (Å²) in [5, 5.41) is 12.5. The highest BCUT2D eigenvalue weighted by Gasteiger charge is 2.27. The molecule has 2 amide bonds. The number of carbonyl (C=O) groups is 3. The van der Waals surface area contributed by atoms with Gasteiger partial charge in [0.15, 0.2) is 6.61 Å². The van der Waals surface area contributed by atoms with Gasteiger partial charge in [-0.15, -0.1) is 0 Å². The Hall–Kier alpha value is -3.55. The molecule has 1 heterocycles. The number of carbonyl (C=O) groups excluding carboxylic acids is 3. The van der Waals surface area contributed by atoms with E-state index in [0.29, 0.717) is 17.1 Å². The Kier molecular flexibility index (Phi) is 4.74. The molecule has 8 nitrogen and oxygen atoms in total. The van der Waals surface area contributed by atoms with Gasteiger partial charge in [-0.2, -0.15) is 0 Å². The maximum atomic E-state index is 12.4. The first-order valence-corrected chi connectivity index (χ1v) is 7.73. The van der Waals surface area contributed by atoms with Crippen LogP contribution in [-0.4, -0.2) is 43.2 Å². The SMILES string of the molecule is COc1ccc(C(=O)OCC(=O)N2CC(=O)Nc3ccccc32)c(O)c1. The predicted molar refractivity (Wildman–Crippen MR) is 92.4 cm³/mol. The first kappa shape index (κ1) is 17.3. The van der Waals surface area contributed by atoms with Crippen molar-refractivity contribution in [1.29, 1.82) is 0 Å². The third kappa shape index (κ3) is 3.44. The van der Waals surface area contributed by atoms with Gasteiger partial charge < -0.3 is 19.9 Å². The highest BCUT2D eigenvalue weighted by Crippen LogP contribution is 2.29. The van der Waals surface area contributed by atoms with Crippen LogP contribution in [0.1, 0.15) is 10.4 Å². The molecule has 0 unspecified atom stereocenters. The minimum atomic E-state index is -0.853. The molecule has 0 bridgehead atoms. The van der Waals surface area contributed by atoms with Crippen molar-refractivity contribution < 1.29 is 29.0 Å². The molecule has 3 rings (SSSR count). The number of ether oxygens (including phenoxy) is 2. The van der Waals surface area contributed by atoms with Crippen LogP contribution in [0.2, 0.25) is 0 Å². The summed E-state index contributed by atoms with van der Waals surface area (Å²) >= 11 is 0. The summed E-state index contributed by atoms with van der Waals surface area (Å²) in [6.07, 6.45) is 0. The molecular formula is C18H16N2O6. The van der Waals surface area contributed by atoms with Gasteiger partial charge in [-0.1, -0.05) is 12.1 Å². The van der Waals surface area contributed by atoms with Crippen LogP contribution in [0.4, 0.5) is 11.4 Å². The second-order valence-electron chi connectivity index (χ2n) is 5.50. The summed E-state index contributed by atoms with van der Waals surface area (Å²) in [5.41, 5.74) is 0.951. The molecule has 0 aromatic heterocycles. The van der Waals surface area contributed by atoms with Crippen molar-refractivity contribution in [3.8, 4) is 11.5 Å². The van der Waals surface area contributed by atoms with E-state index in [1.165, 1.54) is 30.2 Å². The lowest BCUT2D eigenvalue weighted by molar-refractivity contribution is -0.124. The zero-order valence-corrected chi connectivity index (χ0v) is 13.9. The quantitative estimate of drug-likeness (QED) is 0.805. The average Bonchev–Trinajstić information content (AvgIpc) is 2.64. The van der Waals surface area contributed by atoms with Gasteiger partial charge in [0.1, 0.15) is 23.6 Å².